The van der Waals surface area contributed by atoms with Crippen molar-refractivity contribution >= 4 is 18.2 Å². The van der Waals surface area contributed by atoms with Crippen molar-refractivity contribution in [3.05, 3.63) is 0 Å². The molecule has 0 aromatic carbocycles. The summed E-state index contributed by atoms with van der Waals surface area (Å²) in [6, 6.07) is 0. The van der Waals surface area contributed by atoms with E-state index >= 15 is 0 Å². The third-order valence-electron chi connectivity index (χ3n) is 2.43. The monoisotopic (exact) mass is 241 g/mol. The van der Waals surface area contributed by atoms with E-state index in [1.807, 2.05) is 20.8 Å². The van der Waals surface area contributed by atoms with E-state index in [1.54, 1.807) is 4.90 Å². The number of nitrogens with one attached hydrogen (secondary N) is 1. The lowest BCUT2D eigenvalue weighted by atomic mass is 10.1. The predicted molar refractivity (Wildman–Crippen MR) is 62.1 cm³/mol. The topological polar surface area (TPSA) is 69.7 Å². The van der Waals surface area contributed by atoms with Crippen molar-refractivity contribution in [3.63, 3.8) is 0 Å². The molecule has 0 aromatic heterocycles. The van der Waals surface area contributed by atoms with Gasteiger partial charge in [-0.1, -0.05) is 0 Å². The zero-order valence-corrected chi connectivity index (χ0v) is 10.5. The molecule has 1 saturated heterocycles. The molecule has 0 aliphatic carbocycles. The molecule has 0 bridgehead atoms. The molecule has 1 fully saturated rings. The number of nitrogens with zero attached hydrogens (tertiary/aromatic N) is 2. The van der Waals surface area contributed by atoms with Gasteiger partial charge in [-0.2, -0.15) is 0 Å². The molecule has 0 spiro atoms. The normalized spacial score (nSPS) is 16.6. The molecule has 0 unspecified atom stereocenters. The molecular weight excluding hydrogens is 222 g/mol. The van der Waals surface area contributed by atoms with E-state index in [-0.39, 0.29) is 0 Å². The number of piperazine rings is 1. The Labute approximate surface area is 101 Å². The van der Waals surface area contributed by atoms with Crippen molar-refractivity contribution in [2.75, 3.05) is 26.2 Å². The summed E-state index contributed by atoms with van der Waals surface area (Å²) in [5.74, 6) is -1.11. The van der Waals surface area contributed by atoms with Gasteiger partial charge in [0.05, 0.1) is 0 Å². The Morgan fingerprint density at radius 3 is 2.06 bits per heavy atom. The zero-order valence-electron chi connectivity index (χ0n) is 10.5. The van der Waals surface area contributed by atoms with E-state index in [1.165, 1.54) is 4.90 Å². The third kappa shape index (κ3) is 4.05. The highest BCUT2D eigenvalue weighted by Crippen LogP contribution is 2.03. The van der Waals surface area contributed by atoms with Gasteiger partial charge in [0, 0.05) is 31.7 Å². The third-order valence-corrected chi connectivity index (χ3v) is 2.43. The van der Waals surface area contributed by atoms with Gasteiger partial charge in [0.25, 0.3) is 0 Å². The fourth-order valence-corrected chi connectivity index (χ4v) is 1.57. The number of rotatable bonds is 1. The second-order valence-corrected chi connectivity index (χ2v) is 5.14. The van der Waals surface area contributed by atoms with Gasteiger partial charge in [-0.15, -0.1) is 0 Å². The SMILES string of the molecule is CC(C)(C)NC(=O)C(=O)N1CCN(C=O)CC1. The van der Waals surface area contributed by atoms with Crippen molar-refractivity contribution in [1.29, 1.82) is 0 Å². The Balaban J connectivity index is 2.49. The quantitative estimate of drug-likeness (QED) is 0.483. The molecule has 1 N–H and O–H groups in total. The van der Waals surface area contributed by atoms with E-state index < -0.39 is 17.4 Å². The average Bonchev–Trinajstić information content (AvgIpc) is 2.26. The minimum absolute atomic E-state index is 0.412. The lowest BCUT2D eigenvalue weighted by molar-refractivity contribution is -0.148. The molecule has 17 heavy (non-hydrogen) atoms. The number of hydrogen-bond acceptors (Lipinski definition) is 3. The number of hydrogen-bond donors (Lipinski definition) is 1. The second-order valence-electron chi connectivity index (χ2n) is 5.14. The van der Waals surface area contributed by atoms with E-state index in [0.29, 0.717) is 26.2 Å². The fourth-order valence-electron chi connectivity index (χ4n) is 1.57. The summed E-state index contributed by atoms with van der Waals surface area (Å²) in [4.78, 5) is 37.0. The van der Waals surface area contributed by atoms with Crippen LogP contribution in [0, 0.1) is 0 Å². The number of carbonyl (C=O) groups is 3. The largest absolute Gasteiger partial charge is 0.343 e. The van der Waals surface area contributed by atoms with Crippen LogP contribution in [0.3, 0.4) is 0 Å². The van der Waals surface area contributed by atoms with Crippen molar-refractivity contribution in [2.45, 2.75) is 26.3 Å². The van der Waals surface area contributed by atoms with Gasteiger partial charge in [0.1, 0.15) is 0 Å². The lowest BCUT2D eigenvalue weighted by Crippen LogP contribution is -2.54. The van der Waals surface area contributed by atoms with Gasteiger partial charge in [-0.3, -0.25) is 14.4 Å². The first-order chi connectivity index (χ1) is 7.83. The van der Waals surface area contributed by atoms with Crippen LogP contribution in [0.4, 0.5) is 0 Å². The maximum absolute atomic E-state index is 11.8. The van der Waals surface area contributed by atoms with Crippen LogP contribution in [0.2, 0.25) is 0 Å². The summed E-state index contributed by atoms with van der Waals surface area (Å²) in [7, 11) is 0. The second kappa shape index (κ2) is 5.16. The van der Waals surface area contributed by atoms with Crippen LogP contribution in [0.1, 0.15) is 20.8 Å². The molecule has 1 aliphatic rings. The summed E-state index contributed by atoms with van der Waals surface area (Å²) in [6.07, 6.45) is 0.761. The molecule has 1 heterocycles. The molecule has 96 valence electrons. The lowest BCUT2D eigenvalue weighted by Gasteiger charge is -2.32. The highest BCUT2D eigenvalue weighted by Gasteiger charge is 2.27. The molecule has 1 rings (SSSR count). The average molecular weight is 241 g/mol. The molecule has 0 atom stereocenters. The summed E-state index contributed by atoms with van der Waals surface area (Å²) in [5.41, 5.74) is -0.419. The molecule has 6 heteroatoms. The predicted octanol–water partition coefficient (Wildman–Crippen LogP) is -0.798. The Morgan fingerprint density at radius 2 is 1.65 bits per heavy atom. The Morgan fingerprint density at radius 1 is 1.12 bits per heavy atom. The van der Waals surface area contributed by atoms with E-state index in [9.17, 15) is 14.4 Å². The summed E-state index contributed by atoms with van der Waals surface area (Å²) in [6.45, 7) is 7.26. The molecular formula is C11H19N3O3. The Kier molecular flexibility index (Phi) is 4.09. The highest BCUT2D eigenvalue weighted by atomic mass is 16.2. The van der Waals surface area contributed by atoms with E-state index in [2.05, 4.69) is 5.32 Å². The molecule has 1 aliphatic heterocycles. The van der Waals surface area contributed by atoms with Gasteiger partial charge < -0.3 is 15.1 Å². The minimum Gasteiger partial charge on any atom is -0.343 e. The van der Waals surface area contributed by atoms with Crippen molar-refractivity contribution in [1.82, 2.24) is 15.1 Å². The van der Waals surface area contributed by atoms with Crippen LogP contribution in [0.25, 0.3) is 0 Å². The molecule has 3 amide bonds. The summed E-state index contributed by atoms with van der Waals surface area (Å²) < 4.78 is 0. The molecule has 6 nitrogen and oxygen atoms in total. The Hall–Kier alpha value is -1.59. The molecule has 0 saturated carbocycles. The van der Waals surface area contributed by atoms with Gasteiger partial charge in [0.15, 0.2) is 0 Å². The first-order valence-electron chi connectivity index (χ1n) is 5.64. The fraction of sp³-hybridized carbons (Fsp3) is 0.727. The maximum atomic E-state index is 11.8. The smallest absolute Gasteiger partial charge is 0.312 e. The van der Waals surface area contributed by atoms with Crippen molar-refractivity contribution < 1.29 is 14.4 Å². The van der Waals surface area contributed by atoms with Gasteiger partial charge in [-0.25, -0.2) is 0 Å². The van der Waals surface area contributed by atoms with Gasteiger partial charge in [-0.05, 0) is 20.8 Å². The summed E-state index contributed by atoms with van der Waals surface area (Å²) >= 11 is 0. The first kappa shape index (κ1) is 13.5. The van der Waals surface area contributed by atoms with Crippen LogP contribution >= 0.6 is 0 Å². The number of amides is 3. The zero-order chi connectivity index (χ0) is 13.1. The minimum atomic E-state index is -0.586. The summed E-state index contributed by atoms with van der Waals surface area (Å²) in [5, 5.41) is 2.63. The van der Waals surface area contributed by atoms with E-state index in [4.69, 9.17) is 0 Å². The van der Waals surface area contributed by atoms with Crippen LogP contribution in [0.15, 0.2) is 0 Å². The standard InChI is InChI=1S/C11H19N3O3/c1-11(2,3)12-9(16)10(17)14-6-4-13(8-15)5-7-14/h8H,4-7H2,1-3H3,(H,12,16). The molecule has 0 aromatic rings. The Bertz CT molecular complexity index is 314. The van der Waals surface area contributed by atoms with Crippen molar-refractivity contribution in [2.24, 2.45) is 0 Å². The number of carbonyl (C=O) groups excluding carboxylic acids is 3. The van der Waals surface area contributed by atoms with Crippen LogP contribution in [-0.2, 0) is 14.4 Å². The van der Waals surface area contributed by atoms with Crippen molar-refractivity contribution in [3.8, 4) is 0 Å². The van der Waals surface area contributed by atoms with Crippen LogP contribution in [0.5, 0.6) is 0 Å². The van der Waals surface area contributed by atoms with Gasteiger partial charge in [0.2, 0.25) is 6.41 Å². The molecule has 0 radical (unpaired) electrons. The highest BCUT2D eigenvalue weighted by molar-refractivity contribution is 6.35. The van der Waals surface area contributed by atoms with Gasteiger partial charge >= 0.3 is 11.8 Å². The van der Waals surface area contributed by atoms with Crippen LogP contribution < -0.4 is 5.32 Å². The van der Waals surface area contributed by atoms with E-state index in [0.717, 1.165) is 6.41 Å². The first-order valence-corrected chi connectivity index (χ1v) is 5.64. The maximum Gasteiger partial charge on any atom is 0.312 e. The van der Waals surface area contributed by atoms with Crippen LogP contribution in [-0.4, -0.2) is 59.7 Å².